The minimum absolute atomic E-state index is 0.481. The Morgan fingerprint density at radius 3 is 3.21 bits per heavy atom. The van der Waals surface area contributed by atoms with Crippen molar-refractivity contribution in [3.05, 3.63) is 35.7 Å². The smallest absolute Gasteiger partial charge is 0.113 e. The van der Waals surface area contributed by atoms with Crippen LogP contribution in [0.2, 0.25) is 0 Å². The highest BCUT2D eigenvalue weighted by Gasteiger charge is 2.35. The Morgan fingerprint density at radius 2 is 2.50 bits per heavy atom. The highest BCUT2D eigenvalue weighted by atomic mass is 79.9. The summed E-state index contributed by atoms with van der Waals surface area (Å²) in [5.74, 6) is 0. The fourth-order valence-electron chi connectivity index (χ4n) is 1.68. The van der Waals surface area contributed by atoms with Crippen molar-refractivity contribution in [1.29, 1.82) is 5.26 Å². The fraction of sp³-hybridized carbons (Fsp3) is 0.273. The lowest BCUT2D eigenvalue weighted by molar-refractivity contribution is 0.607. The van der Waals surface area contributed by atoms with E-state index in [1.165, 1.54) is 0 Å². The lowest BCUT2D eigenvalue weighted by Gasteiger charge is -2.26. The fourth-order valence-corrected chi connectivity index (χ4v) is 2.30. The average molecular weight is 249 g/mol. The molecular formula is C11H9BrN2. The molecule has 0 aliphatic heterocycles. The van der Waals surface area contributed by atoms with Gasteiger partial charge in [-0.3, -0.25) is 4.98 Å². The molecule has 1 heterocycles. The molecule has 1 aromatic rings. The van der Waals surface area contributed by atoms with Gasteiger partial charge in [-0.15, -0.1) is 0 Å². The molecule has 2 rings (SSSR count). The van der Waals surface area contributed by atoms with Crippen LogP contribution in [0.25, 0.3) is 6.08 Å². The molecule has 0 amide bonds. The Labute approximate surface area is 91.4 Å². The molecule has 0 bridgehead atoms. The van der Waals surface area contributed by atoms with Crippen LogP contribution in [0.1, 0.15) is 17.7 Å². The first kappa shape index (κ1) is 9.42. The number of nitriles is 1. The molecule has 0 saturated heterocycles. The Bertz CT molecular complexity index is 420. The van der Waals surface area contributed by atoms with E-state index in [0.29, 0.717) is 5.33 Å². The zero-order valence-corrected chi connectivity index (χ0v) is 9.16. The van der Waals surface area contributed by atoms with Crippen molar-refractivity contribution in [3.8, 4) is 6.07 Å². The van der Waals surface area contributed by atoms with Gasteiger partial charge in [-0.2, -0.15) is 5.26 Å². The molecule has 1 unspecified atom stereocenters. The van der Waals surface area contributed by atoms with Gasteiger partial charge in [-0.05, 0) is 18.1 Å². The molecule has 70 valence electrons. The molecule has 14 heavy (non-hydrogen) atoms. The van der Waals surface area contributed by atoms with Gasteiger partial charge < -0.3 is 0 Å². The molecule has 3 heteroatoms. The maximum Gasteiger partial charge on any atom is 0.113 e. The van der Waals surface area contributed by atoms with Gasteiger partial charge in [-0.1, -0.05) is 34.1 Å². The van der Waals surface area contributed by atoms with Gasteiger partial charge in [0, 0.05) is 11.5 Å². The van der Waals surface area contributed by atoms with Crippen LogP contribution < -0.4 is 0 Å². The number of alkyl halides is 1. The van der Waals surface area contributed by atoms with E-state index in [0.717, 1.165) is 17.7 Å². The molecule has 1 aliphatic carbocycles. The number of fused-ring (bicyclic) bond motifs is 1. The molecule has 0 fully saturated rings. The summed E-state index contributed by atoms with van der Waals surface area (Å²) in [6, 6.07) is 6.25. The number of hydrogen-bond donors (Lipinski definition) is 0. The van der Waals surface area contributed by atoms with Crippen molar-refractivity contribution < 1.29 is 0 Å². The summed E-state index contributed by atoms with van der Waals surface area (Å²) in [6.07, 6.45) is 6.54. The van der Waals surface area contributed by atoms with Crippen molar-refractivity contribution >= 4 is 22.0 Å². The Hall–Kier alpha value is -1.14. The summed E-state index contributed by atoms with van der Waals surface area (Å²) in [6.45, 7) is 0. The van der Waals surface area contributed by atoms with Crippen LogP contribution in [0.5, 0.6) is 0 Å². The molecule has 2 nitrogen and oxygen atoms in total. The third-order valence-electron chi connectivity index (χ3n) is 2.50. The Kier molecular flexibility index (Phi) is 2.39. The van der Waals surface area contributed by atoms with Crippen molar-refractivity contribution in [2.24, 2.45) is 0 Å². The molecule has 0 radical (unpaired) electrons. The van der Waals surface area contributed by atoms with Crippen molar-refractivity contribution in [3.63, 3.8) is 0 Å². The van der Waals surface area contributed by atoms with E-state index in [9.17, 15) is 5.26 Å². The maximum atomic E-state index is 9.23. The number of rotatable bonds is 1. The second-order valence-electron chi connectivity index (χ2n) is 3.38. The van der Waals surface area contributed by atoms with Gasteiger partial charge in [0.2, 0.25) is 0 Å². The number of nitrogens with zero attached hydrogens (tertiary/aromatic N) is 2. The lowest BCUT2D eigenvalue weighted by atomic mass is 9.79. The Balaban J connectivity index is 2.61. The number of halogens is 1. The topological polar surface area (TPSA) is 36.7 Å². The molecular weight excluding hydrogens is 240 g/mol. The van der Waals surface area contributed by atoms with Crippen molar-refractivity contribution in [2.75, 3.05) is 5.33 Å². The number of pyridine rings is 1. The first-order chi connectivity index (χ1) is 6.82. The van der Waals surface area contributed by atoms with Gasteiger partial charge in [0.15, 0.2) is 0 Å². The molecule has 0 spiro atoms. The summed E-state index contributed by atoms with van der Waals surface area (Å²) in [7, 11) is 0. The molecule has 1 aliphatic rings. The summed E-state index contributed by atoms with van der Waals surface area (Å²) >= 11 is 3.40. The third kappa shape index (κ3) is 1.27. The second-order valence-corrected chi connectivity index (χ2v) is 3.94. The average Bonchev–Trinajstić information content (AvgIpc) is 2.28. The Morgan fingerprint density at radius 1 is 1.64 bits per heavy atom. The summed E-state index contributed by atoms with van der Waals surface area (Å²) in [5, 5.41) is 9.86. The quantitative estimate of drug-likeness (QED) is 0.717. The van der Waals surface area contributed by atoms with Gasteiger partial charge in [0.05, 0.1) is 11.8 Å². The predicted octanol–water partition coefficient (Wildman–Crippen LogP) is 2.65. The SMILES string of the molecule is N#CC1(CBr)CC=Cc2cccnc21. The van der Waals surface area contributed by atoms with Crippen LogP contribution in [0.4, 0.5) is 0 Å². The first-order valence-electron chi connectivity index (χ1n) is 4.42. The van der Waals surface area contributed by atoms with E-state index in [4.69, 9.17) is 0 Å². The van der Waals surface area contributed by atoms with Gasteiger partial charge >= 0.3 is 0 Å². The zero-order valence-electron chi connectivity index (χ0n) is 7.57. The van der Waals surface area contributed by atoms with Crippen LogP contribution in [-0.2, 0) is 5.41 Å². The molecule has 1 atom stereocenters. The molecule has 1 aromatic heterocycles. The number of hydrogen-bond acceptors (Lipinski definition) is 2. The highest BCUT2D eigenvalue weighted by molar-refractivity contribution is 9.09. The maximum absolute atomic E-state index is 9.23. The van der Waals surface area contributed by atoms with Crippen molar-refractivity contribution in [1.82, 2.24) is 4.98 Å². The van der Waals surface area contributed by atoms with Gasteiger partial charge in [-0.25, -0.2) is 0 Å². The van der Waals surface area contributed by atoms with E-state index in [1.54, 1.807) is 6.20 Å². The van der Waals surface area contributed by atoms with E-state index in [1.807, 2.05) is 24.3 Å². The van der Waals surface area contributed by atoms with E-state index in [2.05, 4.69) is 27.0 Å². The normalized spacial score (nSPS) is 24.0. The standard InChI is InChI=1S/C11H9BrN2/c12-7-11(8-13)5-1-3-9-4-2-6-14-10(9)11/h1-4,6H,5,7H2. The molecule has 0 N–H and O–H groups in total. The van der Waals surface area contributed by atoms with Crippen LogP contribution >= 0.6 is 15.9 Å². The van der Waals surface area contributed by atoms with E-state index >= 15 is 0 Å². The lowest BCUT2D eigenvalue weighted by Crippen LogP contribution is -2.29. The van der Waals surface area contributed by atoms with Gasteiger partial charge in [0.25, 0.3) is 0 Å². The van der Waals surface area contributed by atoms with Gasteiger partial charge in [0.1, 0.15) is 5.41 Å². The number of allylic oxidation sites excluding steroid dienone is 1. The first-order valence-corrected chi connectivity index (χ1v) is 5.54. The zero-order chi connectivity index (χ0) is 10.0. The largest absolute Gasteiger partial charge is 0.259 e. The highest BCUT2D eigenvalue weighted by Crippen LogP contribution is 2.35. The summed E-state index contributed by atoms with van der Waals surface area (Å²) in [5.41, 5.74) is 1.47. The van der Waals surface area contributed by atoms with E-state index < -0.39 is 5.41 Å². The van der Waals surface area contributed by atoms with Crippen molar-refractivity contribution in [2.45, 2.75) is 11.8 Å². The predicted molar refractivity (Wildman–Crippen MR) is 59.0 cm³/mol. The second kappa shape index (κ2) is 3.55. The van der Waals surface area contributed by atoms with Crippen LogP contribution in [-0.4, -0.2) is 10.3 Å². The summed E-state index contributed by atoms with van der Waals surface area (Å²) < 4.78 is 0. The monoisotopic (exact) mass is 248 g/mol. The summed E-state index contributed by atoms with van der Waals surface area (Å²) in [4.78, 5) is 4.31. The van der Waals surface area contributed by atoms with Crippen LogP contribution in [0, 0.1) is 11.3 Å². The molecule has 0 aromatic carbocycles. The third-order valence-corrected chi connectivity index (χ3v) is 3.46. The molecule has 0 saturated carbocycles. The van der Waals surface area contributed by atoms with Crippen LogP contribution in [0.3, 0.4) is 0 Å². The number of aromatic nitrogens is 1. The minimum atomic E-state index is -0.481. The van der Waals surface area contributed by atoms with E-state index in [-0.39, 0.29) is 0 Å². The minimum Gasteiger partial charge on any atom is -0.259 e. The van der Waals surface area contributed by atoms with Crippen LogP contribution in [0.15, 0.2) is 24.4 Å².